The number of nitrogens with one attached hydrogen (secondary N) is 1. The highest BCUT2D eigenvalue weighted by Crippen LogP contribution is 2.39. The molecule has 1 amide bonds. The smallest absolute Gasteiger partial charge is 0.265 e. The van der Waals surface area contributed by atoms with Crippen molar-refractivity contribution in [1.29, 1.82) is 0 Å². The molecule has 0 bridgehead atoms. The molecular formula is C15H24N2O2S. The first kappa shape index (κ1) is 15.3. The number of aryl methyl sites for hydroxylation is 1. The molecular weight excluding hydrogens is 272 g/mol. The zero-order valence-corrected chi connectivity index (χ0v) is 13.4. The van der Waals surface area contributed by atoms with Crippen LogP contribution >= 0.6 is 11.3 Å². The zero-order chi connectivity index (χ0) is 14.5. The minimum atomic E-state index is 0.0139. The van der Waals surface area contributed by atoms with Crippen LogP contribution in [-0.2, 0) is 12.8 Å². The monoisotopic (exact) mass is 296 g/mol. The first-order chi connectivity index (χ1) is 9.63. The topological polar surface area (TPSA) is 41.6 Å². The van der Waals surface area contributed by atoms with Gasteiger partial charge in [-0.3, -0.25) is 4.79 Å². The van der Waals surface area contributed by atoms with Crippen LogP contribution in [0.25, 0.3) is 0 Å². The van der Waals surface area contributed by atoms with Gasteiger partial charge in [0.1, 0.15) is 10.6 Å². The largest absolute Gasteiger partial charge is 0.495 e. The molecule has 0 spiro atoms. The summed E-state index contributed by atoms with van der Waals surface area (Å²) in [6.45, 7) is 1.70. The first-order valence-corrected chi connectivity index (χ1v) is 8.06. The van der Waals surface area contributed by atoms with E-state index in [1.807, 2.05) is 14.1 Å². The lowest BCUT2D eigenvalue weighted by Gasteiger charge is -2.12. The summed E-state index contributed by atoms with van der Waals surface area (Å²) in [5.41, 5.74) is 1.27. The van der Waals surface area contributed by atoms with E-state index in [0.29, 0.717) is 6.54 Å². The maximum atomic E-state index is 12.3. The van der Waals surface area contributed by atoms with Gasteiger partial charge in [0.25, 0.3) is 5.91 Å². The van der Waals surface area contributed by atoms with Crippen molar-refractivity contribution in [1.82, 2.24) is 10.2 Å². The molecule has 1 N–H and O–H groups in total. The number of carbonyl (C=O) groups is 1. The second kappa shape index (κ2) is 7.09. The summed E-state index contributed by atoms with van der Waals surface area (Å²) in [5.74, 6) is 0.829. The molecule has 0 aliphatic heterocycles. The van der Waals surface area contributed by atoms with E-state index in [1.165, 1.54) is 23.3 Å². The molecule has 5 heteroatoms. The normalized spacial score (nSPS) is 14.2. The number of rotatable bonds is 6. The molecule has 0 aromatic carbocycles. The molecule has 1 aromatic heterocycles. The molecule has 0 saturated carbocycles. The molecule has 0 atom stereocenters. The van der Waals surface area contributed by atoms with Crippen LogP contribution in [0.15, 0.2) is 0 Å². The van der Waals surface area contributed by atoms with E-state index in [9.17, 15) is 4.79 Å². The maximum absolute atomic E-state index is 12.3. The molecule has 0 unspecified atom stereocenters. The highest BCUT2D eigenvalue weighted by Gasteiger charge is 2.24. The van der Waals surface area contributed by atoms with Crippen LogP contribution in [0, 0.1) is 0 Å². The van der Waals surface area contributed by atoms with Gasteiger partial charge in [0.05, 0.1) is 7.11 Å². The number of hydrogen-bond donors (Lipinski definition) is 1. The number of carbonyl (C=O) groups excluding carboxylic acids is 1. The molecule has 1 aliphatic carbocycles. The molecule has 0 fully saturated rings. The quantitative estimate of drug-likeness (QED) is 0.819. The van der Waals surface area contributed by atoms with Crippen molar-refractivity contribution in [2.24, 2.45) is 0 Å². The fraction of sp³-hybridized carbons (Fsp3) is 0.667. The molecule has 2 rings (SSSR count). The van der Waals surface area contributed by atoms with Crippen molar-refractivity contribution < 1.29 is 9.53 Å². The fourth-order valence-corrected chi connectivity index (χ4v) is 3.85. The van der Waals surface area contributed by atoms with Gasteiger partial charge in [-0.15, -0.1) is 11.3 Å². The molecule has 1 aromatic rings. The van der Waals surface area contributed by atoms with Crippen molar-refractivity contribution in [2.45, 2.75) is 32.1 Å². The second-order valence-corrected chi connectivity index (χ2v) is 6.59. The van der Waals surface area contributed by atoms with Gasteiger partial charge < -0.3 is 15.0 Å². The van der Waals surface area contributed by atoms with Crippen LogP contribution in [0.3, 0.4) is 0 Å². The minimum Gasteiger partial charge on any atom is -0.495 e. The number of hydrogen-bond acceptors (Lipinski definition) is 4. The Kier molecular flexibility index (Phi) is 5.43. The van der Waals surface area contributed by atoms with E-state index in [0.717, 1.165) is 36.4 Å². The number of ether oxygens (including phenoxy) is 1. The third-order valence-corrected chi connectivity index (χ3v) is 4.87. The number of fused-ring (bicyclic) bond motifs is 1. The van der Waals surface area contributed by atoms with Crippen LogP contribution in [0.5, 0.6) is 5.75 Å². The number of thiophene rings is 1. The summed E-state index contributed by atoms with van der Waals surface area (Å²) < 4.78 is 5.49. The van der Waals surface area contributed by atoms with E-state index in [1.54, 1.807) is 18.4 Å². The molecule has 1 heterocycles. The lowest BCUT2D eigenvalue weighted by atomic mass is 9.98. The van der Waals surface area contributed by atoms with Crippen LogP contribution in [0.2, 0.25) is 0 Å². The van der Waals surface area contributed by atoms with Gasteiger partial charge in [-0.2, -0.15) is 0 Å². The number of amides is 1. The Bertz CT molecular complexity index is 469. The van der Waals surface area contributed by atoms with Gasteiger partial charge in [-0.1, -0.05) is 0 Å². The summed E-state index contributed by atoms with van der Waals surface area (Å²) in [5, 5.41) is 3.00. The van der Waals surface area contributed by atoms with Gasteiger partial charge in [0, 0.05) is 17.0 Å². The van der Waals surface area contributed by atoms with E-state index >= 15 is 0 Å². The lowest BCUT2D eigenvalue weighted by Crippen LogP contribution is -2.26. The van der Waals surface area contributed by atoms with E-state index in [4.69, 9.17) is 4.74 Å². The van der Waals surface area contributed by atoms with Gasteiger partial charge in [0.2, 0.25) is 0 Å². The third kappa shape index (κ3) is 3.52. The highest BCUT2D eigenvalue weighted by molar-refractivity contribution is 7.14. The Labute approximate surface area is 125 Å². The van der Waals surface area contributed by atoms with Crippen LogP contribution < -0.4 is 10.1 Å². The average molecular weight is 296 g/mol. The molecule has 0 radical (unpaired) electrons. The lowest BCUT2D eigenvalue weighted by molar-refractivity contribution is 0.0953. The van der Waals surface area contributed by atoms with Gasteiger partial charge in [-0.05, 0) is 52.7 Å². The van der Waals surface area contributed by atoms with Crippen LogP contribution in [0.1, 0.15) is 39.4 Å². The maximum Gasteiger partial charge on any atom is 0.265 e. The van der Waals surface area contributed by atoms with Crippen LogP contribution in [-0.4, -0.2) is 45.1 Å². The highest BCUT2D eigenvalue weighted by atomic mass is 32.1. The van der Waals surface area contributed by atoms with E-state index < -0.39 is 0 Å². The van der Waals surface area contributed by atoms with Gasteiger partial charge in [-0.25, -0.2) is 0 Å². The predicted octanol–water partition coefficient (Wildman–Crippen LogP) is 2.32. The predicted molar refractivity (Wildman–Crippen MR) is 83.0 cm³/mol. The molecule has 112 valence electrons. The minimum absolute atomic E-state index is 0.0139. The van der Waals surface area contributed by atoms with Crippen molar-refractivity contribution in [3.63, 3.8) is 0 Å². The second-order valence-electron chi connectivity index (χ2n) is 5.49. The number of methoxy groups -OCH3 is 1. The summed E-state index contributed by atoms with van der Waals surface area (Å²) in [6.07, 6.45) is 5.52. The van der Waals surface area contributed by atoms with Gasteiger partial charge in [0.15, 0.2) is 0 Å². The van der Waals surface area contributed by atoms with E-state index in [-0.39, 0.29) is 5.91 Å². The van der Waals surface area contributed by atoms with Crippen molar-refractivity contribution in [3.05, 3.63) is 15.3 Å². The van der Waals surface area contributed by atoms with Crippen molar-refractivity contribution in [3.8, 4) is 5.75 Å². The van der Waals surface area contributed by atoms with Gasteiger partial charge >= 0.3 is 0 Å². The summed E-state index contributed by atoms with van der Waals surface area (Å²) in [4.78, 5) is 16.5. The third-order valence-electron chi connectivity index (χ3n) is 3.60. The standard InChI is InChI=1S/C15H24N2O2S/c1-17(2)10-6-9-16-15(18)14-13(19-3)11-7-4-5-8-12(11)20-14/h4-10H2,1-3H3,(H,16,18). The molecule has 4 nitrogen and oxygen atoms in total. The Hall–Kier alpha value is -1.07. The SMILES string of the molecule is COc1c(C(=O)NCCCN(C)C)sc2c1CCCC2. The fourth-order valence-electron chi connectivity index (χ4n) is 2.58. The Morgan fingerprint density at radius 1 is 1.35 bits per heavy atom. The Morgan fingerprint density at radius 3 is 2.80 bits per heavy atom. The molecule has 20 heavy (non-hydrogen) atoms. The summed E-state index contributed by atoms with van der Waals surface area (Å²) >= 11 is 1.61. The van der Waals surface area contributed by atoms with Crippen LogP contribution in [0.4, 0.5) is 0 Å². The Morgan fingerprint density at radius 2 is 2.10 bits per heavy atom. The molecule has 0 saturated heterocycles. The Balaban J connectivity index is 2.00. The number of nitrogens with zero attached hydrogens (tertiary/aromatic N) is 1. The van der Waals surface area contributed by atoms with Crippen molar-refractivity contribution >= 4 is 17.2 Å². The summed E-state index contributed by atoms with van der Waals surface area (Å²) in [7, 11) is 5.75. The van der Waals surface area contributed by atoms with E-state index in [2.05, 4.69) is 10.2 Å². The summed E-state index contributed by atoms with van der Waals surface area (Å²) in [6, 6.07) is 0. The average Bonchev–Trinajstić information content (AvgIpc) is 2.81. The van der Waals surface area contributed by atoms with Crippen molar-refractivity contribution in [2.75, 3.05) is 34.3 Å². The first-order valence-electron chi connectivity index (χ1n) is 7.25. The zero-order valence-electron chi connectivity index (χ0n) is 12.6. The molecule has 1 aliphatic rings.